The van der Waals surface area contributed by atoms with Crippen LogP contribution in [-0.2, 0) is 6.32 Å². The van der Waals surface area contributed by atoms with Crippen molar-refractivity contribution in [2.45, 2.75) is 6.32 Å². The zero-order valence-corrected chi connectivity index (χ0v) is 4.84. The molecular formula is C6H5BFN. The molecular weight excluding hydrogens is 116 g/mol. The molecule has 2 radical (unpaired) electrons. The van der Waals surface area contributed by atoms with E-state index in [1.165, 1.54) is 6.07 Å². The topological polar surface area (TPSA) is 12.9 Å². The van der Waals surface area contributed by atoms with E-state index in [1.807, 2.05) is 0 Å². The average molecular weight is 121 g/mol. The summed E-state index contributed by atoms with van der Waals surface area (Å²) in [7, 11) is 5.21. The highest BCUT2D eigenvalue weighted by Gasteiger charge is 1.90. The minimum absolute atomic E-state index is 0.335. The third-order valence-corrected chi connectivity index (χ3v) is 0.997. The molecule has 9 heavy (non-hydrogen) atoms. The van der Waals surface area contributed by atoms with Crippen LogP contribution in [0.4, 0.5) is 4.39 Å². The predicted molar refractivity (Wildman–Crippen MR) is 33.7 cm³/mol. The van der Waals surface area contributed by atoms with Crippen molar-refractivity contribution < 1.29 is 4.39 Å². The van der Waals surface area contributed by atoms with Crippen molar-refractivity contribution in [2.24, 2.45) is 0 Å². The van der Waals surface area contributed by atoms with Gasteiger partial charge in [-0.1, -0.05) is 6.32 Å². The number of hydrogen-bond donors (Lipinski definition) is 0. The first-order valence-electron chi connectivity index (χ1n) is 2.62. The molecule has 0 aliphatic carbocycles. The van der Waals surface area contributed by atoms with Crippen LogP contribution in [-0.4, -0.2) is 12.8 Å². The number of hydrogen-bond acceptors (Lipinski definition) is 1. The SMILES string of the molecule is [B]Cc1cncc(F)c1. The highest BCUT2D eigenvalue weighted by Crippen LogP contribution is 1.98. The third-order valence-electron chi connectivity index (χ3n) is 0.997. The van der Waals surface area contributed by atoms with E-state index in [1.54, 1.807) is 6.20 Å². The Kier molecular flexibility index (Phi) is 1.83. The molecule has 1 aromatic heterocycles. The van der Waals surface area contributed by atoms with Crippen molar-refractivity contribution in [3.8, 4) is 0 Å². The summed E-state index contributed by atoms with van der Waals surface area (Å²) in [5, 5.41) is 0. The van der Waals surface area contributed by atoms with Crippen LogP contribution in [0.5, 0.6) is 0 Å². The molecule has 0 atom stereocenters. The van der Waals surface area contributed by atoms with Gasteiger partial charge in [0.1, 0.15) is 5.82 Å². The van der Waals surface area contributed by atoms with Gasteiger partial charge in [0, 0.05) is 6.20 Å². The number of nitrogens with zero attached hydrogens (tertiary/aromatic N) is 1. The van der Waals surface area contributed by atoms with Crippen LogP contribution in [0.1, 0.15) is 5.56 Å². The summed E-state index contributed by atoms with van der Waals surface area (Å²) in [6.07, 6.45) is 3.03. The number of pyridine rings is 1. The highest BCUT2D eigenvalue weighted by molar-refractivity contribution is 6.08. The lowest BCUT2D eigenvalue weighted by molar-refractivity contribution is 0.619. The van der Waals surface area contributed by atoms with Gasteiger partial charge in [-0.05, 0) is 11.6 Å². The summed E-state index contributed by atoms with van der Waals surface area (Å²) in [6, 6.07) is 1.37. The van der Waals surface area contributed by atoms with E-state index in [9.17, 15) is 4.39 Å². The molecule has 0 fully saturated rings. The Bertz CT molecular complexity index is 202. The lowest BCUT2D eigenvalue weighted by Gasteiger charge is -1.92. The maximum atomic E-state index is 12.2. The molecule has 0 saturated carbocycles. The molecule has 0 spiro atoms. The van der Waals surface area contributed by atoms with Crippen LogP contribution < -0.4 is 0 Å². The van der Waals surface area contributed by atoms with Gasteiger partial charge in [-0.15, -0.1) is 0 Å². The fraction of sp³-hybridized carbons (Fsp3) is 0.167. The zero-order chi connectivity index (χ0) is 6.69. The Balaban J connectivity index is 2.94. The van der Waals surface area contributed by atoms with Crippen molar-refractivity contribution in [3.05, 3.63) is 29.8 Å². The van der Waals surface area contributed by atoms with Crippen molar-refractivity contribution >= 4 is 7.85 Å². The van der Waals surface area contributed by atoms with E-state index in [2.05, 4.69) is 4.98 Å². The van der Waals surface area contributed by atoms with Gasteiger partial charge < -0.3 is 0 Å². The first-order valence-corrected chi connectivity index (χ1v) is 2.62. The number of rotatable bonds is 1. The monoisotopic (exact) mass is 121 g/mol. The van der Waals surface area contributed by atoms with Crippen LogP contribution >= 0.6 is 0 Å². The number of halogens is 1. The van der Waals surface area contributed by atoms with Gasteiger partial charge in [-0.25, -0.2) is 4.39 Å². The van der Waals surface area contributed by atoms with Gasteiger partial charge >= 0.3 is 0 Å². The minimum atomic E-state index is -0.335. The Morgan fingerprint density at radius 2 is 2.33 bits per heavy atom. The quantitative estimate of drug-likeness (QED) is 0.502. The average Bonchev–Trinajstić information content (AvgIpc) is 1.88. The largest absolute Gasteiger partial charge is 0.261 e. The van der Waals surface area contributed by atoms with Crippen LogP contribution in [0.3, 0.4) is 0 Å². The molecule has 0 saturated heterocycles. The second kappa shape index (κ2) is 2.62. The van der Waals surface area contributed by atoms with Gasteiger partial charge in [0.15, 0.2) is 0 Å². The van der Waals surface area contributed by atoms with E-state index in [-0.39, 0.29) is 5.82 Å². The Morgan fingerprint density at radius 3 is 2.78 bits per heavy atom. The molecule has 1 heterocycles. The van der Waals surface area contributed by atoms with E-state index < -0.39 is 0 Å². The van der Waals surface area contributed by atoms with Gasteiger partial charge in [-0.3, -0.25) is 4.98 Å². The summed E-state index contributed by atoms with van der Waals surface area (Å²) < 4.78 is 12.2. The van der Waals surface area contributed by atoms with Crippen LogP contribution in [0.25, 0.3) is 0 Å². The molecule has 44 valence electrons. The Hall–Kier alpha value is -0.855. The highest BCUT2D eigenvalue weighted by atomic mass is 19.1. The molecule has 1 aromatic rings. The van der Waals surface area contributed by atoms with Crippen LogP contribution in [0, 0.1) is 5.82 Å². The van der Waals surface area contributed by atoms with E-state index >= 15 is 0 Å². The molecule has 0 N–H and O–H groups in total. The molecule has 0 amide bonds. The molecule has 0 aromatic carbocycles. The van der Waals surface area contributed by atoms with Gasteiger partial charge in [0.2, 0.25) is 0 Å². The fourth-order valence-corrected chi connectivity index (χ4v) is 0.567. The standard InChI is InChI=1S/C6H5BFN/c7-2-5-1-6(8)4-9-3-5/h1,3-4H,2H2. The summed E-state index contributed by atoms with van der Waals surface area (Å²) in [6.45, 7) is 0. The summed E-state index contributed by atoms with van der Waals surface area (Å²) in [5.41, 5.74) is 0.718. The normalized spacial score (nSPS) is 9.44. The van der Waals surface area contributed by atoms with E-state index in [4.69, 9.17) is 7.85 Å². The first-order chi connectivity index (χ1) is 4.33. The second-order valence-electron chi connectivity index (χ2n) is 1.72. The van der Waals surface area contributed by atoms with Crippen molar-refractivity contribution in [2.75, 3.05) is 0 Å². The van der Waals surface area contributed by atoms with E-state index in [0.717, 1.165) is 11.8 Å². The van der Waals surface area contributed by atoms with Crippen molar-refractivity contribution in [3.63, 3.8) is 0 Å². The zero-order valence-electron chi connectivity index (χ0n) is 4.84. The van der Waals surface area contributed by atoms with Crippen molar-refractivity contribution in [1.29, 1.82) is 0 Å². The maximum absolute atomic E-state index is 12.2. The molecule has 1 rings (SSSR count). The summed E-state index contributed by atoms with van der Waals surface area (Å²) in [4.78, 5) is 3.60. The molecule has 1 nitrogen and oxygen atoms in total. The van der Waals surface area contributed by atoms with Crippen molar-refractivity contribution in [1.82, 2.24) is 4.98 Å². The third kappa shape index (κ3) is 1.52. The smallest absolute Gasteiger partial charge is 0.141 e. The van der Waals surface area contributed by atoms with Gasteiger partial charge in [-0.2, -0.15) is 0 Å². The second-order valence-corrected chi connectivity index (χ2v) is 1.72. The molecule has 3 heteroatoms. The molecule has 0 aliphatic heterocycles. The minimum Gasteiger partial charge on any atom is -0.261 e. The maximum Gasteiger partial charge on any atom is 0.141 e. The number of aromatic nitrogens is 1. The van der Waals surface area contributed by atoms with Gasteiger partial charge in [0.05, 0.1) is 14.0 Å². The first kappa shape index (κ1) is 6.27. The fourth-order valence-electron chi connectivity index (χ4n) is 0.567. The lowest BCUT2D eigenvalue weighted by atomic mass is 9.99. The van der Waals surface area contributed by atoms with E-state index in [0.29, 0.717) is 6.32 Å². The van der Waals surface area contributed by atoms with Crippen LogP contribution in [0.2, 0.25) is 0 Å². The summed E-state index contributed by atoms with van der Waals surface area (Å²) in [5.74, 6) is -0.335. The predicted octanol–water partition coefficient (Wildman–Crippen LogP) is 0.889. The Morgan fingerprint density at radius 1 is 1.56 bits per heavy atom. The molecule has 0 bridgehead atoms. The van der Waals surface area contributed by atoms with Gasteiger partial charge in [0.25, 0.3) is 0 Å². The summed E-state index contributed by atoms with van der Waals surface area (Å²) >= 11 is 0. The molecule has 0 aliphatic rings. The van der Waals surface area contributed by atoms with Crippen LogP contribution in [0.15, 0.2) is 18.5 Å². The molecule has 0 unspecified atom stereocenters. The Labute approximate surface area is 54.3 Å². The lowest BCUT2D eigenvalue weighted by Crippen LogP contribution is -1.86.